The topological polar surface area (TPSA) is 394 Å². The van der Waals surface area contributed by atoms with Crippen LogP contribution in [0.2, 0.25) is 0 Å². The summed E-state index contributed by atoms with van der Waals surface area (Å²) in [4.78, 5) is 144. The fourth-order valence-corrected chi connectivity index (χ4v) is 7.81. The van der Waals surface area contributed by atoms with Gasteiger partial charge in [-0.25, -0.2) is 0 Å². The normalized spacial score (nSPS) is 12.5. The lowest BCUT2D eigenvalue weighted by Gasteiger charge is -2.34. The number of esters is 6. The molecule has 5 amide bonds. The van der Waals surface area contributed by atoms with E-state index in [0.717, 1.165) is 0 Å². The molecule has 0 aliphatic heterocycles. The van der Waals surface area contributed by atoms with E-state index in [1.807, 2.05) is 0 Å². The molecule has 0 atom stereocenters. The van der Waals surface area contributed by atoms with Gasteiger partial charge in [0.15, 0.2) is 0 Å². The van der Waals surface area contributed by atoms with Crippen LogP contribution in [0.4, 0.5) is 0 Å². The van der Waals surface area contributed by atoms with Crippen molar-refractivity contribution < 1.29 is 114 Å². The minimum atomic E-state index is -1.53. The molecule has 0 bridgehead atoms. The number of nitrogens with two attached hydrogens (primary N) is 1. The van der Waals surface area contributed by atoms with Crippen molar-refractivity contribution in [2.45, 2.75) is 128 Å². The van der Waals surface area contributed by atoms with Crippen LogP contribution in [-0.4, -0.2) is 263 Å². The molecule has 0 spiro atoms. The summed E-state index contributed by atoms with van der Waals surface area (Å²) < 4.78 is 66.4. The van der Waals surface area contributed by atoms with E-state index in [1.54, 1.807) is 89.2 Å². The third-order valence-electron chi connectivity index (χ3n) is 13.1. The van der Waals surface area contributed by atoms with E-state index in [2.05, 4.69) is 129 Å². The summed E-state index contributed by atoms with van der Waals surface area (Å²) in [5.74, 6) is -7.16. The summed E-state index contributed by atoms with van der Waals surface area (Å²) in [6.07, 6.45) is 1.03. The quantitative estimate of drug-likeness (QED) is 0.0163. The summed E-state index contributed by atoms with van der Waals surface area (Å²) >= 11 is 19.5. The molecule has 0 fully saturated rings. The maximum atomic E-state index is 13.6. The molecular formula is C63H104Br6N6O24. The summed E-state index contributed by atoms with van der Waals surface area (Å²) in [6.45, 7) is 18.6. The predicted octanol–water partition coefficient (Wildman–Crippen LogP) is 4.26. The number of carbonyl (C=O) groups excluding carboxylic acids is 11. The molecule has 30 nitrogen and oxygen atoms in total. The molecule has 7 N–H and O–H groups in total. The second-order valence-corrected chi connectivity index (χ2v) is 38.0. The molecule has 0 radical (unpaired) electrons. The largest absolute Gasteiger partial charge is 0.464 e. The molecule has 99 heavy (non-hydrogen) atoms. The number of nitrogens with one attached hydrogen (secondary N) is 5. The third-order valence-corrected chi connectivity index (χ3v) is 15.0. The fourth-order valence-electron chi connectivity index (χ4n) is 7.12. The van der Waals surface area contributed by atoms with Crippen molar-refractivity contribution in [1.82, 2.24) is 26.6 Å². The van der Waals surface area contributed by atoms with Gasteiger partial charge in [-0.2, -0.15) is 0 Å². The fraction of sp³-hybridized carbons (Fsp3) is 0.794. The Morgan fingerprint density at radius 3 is 0.818 bits per heavy atom. The van der Waals surface area contributed by atoms with Crippen molar-refractivity contribution in [3.8, 4) is 0 Å². The van der Waals surface area contributed by atoms with Gasteiger partial charge in [-0.05, 0) is 83.1 Å². The Morgan fingerprint density at radius 1 is 0.323 bits per heavy atom. The maximum Gasteiger partial charge on any atom is 0.322 e. The first kappa shape index (κ1) is 95.5. The van der Waals surface area contributed by atoms with Gasteiger partial charge in [0.05, 0.1) is 90.1 Å². The van der Waals surface area contributed by atoms with Crippen molar-refractivity contribution in [1.29, 1.82) is 0 Å². The SMILES string of the molecule is C=CCOCCOCCOCCOCCOCC(CNC(=O)CCN)(CNC(=O)CCNC(=O)COCC(COC(=O)C(C)(C)Br)(COC(=O)C(C)(C)Br)COC(=O)C(C)(C)Br)CNC(=O)CCNC(=O)COCC(COC(=O)C(C)(C)Br)(COC(=O)C(C)(C)Br)COC(=O)C(C)(C)Br. The van der Waals surface area contributed by atoms with Gasteiger partial charge in [-0.3, -0.25) is 52.7 Å². The molecular weight excluding hydrogens is 1700 g/mol. The second-order valence-electron chi connectivity index (χ2n) is 26.1. The summed E-state index contributed by atoms with van der Waals surface area (Å²) in [5, 5.41) is 13.6. The number of hydrogen-bond donors (Lipinski definition) is 6. The van der Waals surface area contributed by atoms with Crippen LogP contribution in [0.15, 0.2) is 12.7 Å². The van der Waals surface area contributed by atoms with Gasteiger partial charge in [-0.1, -0.05) is 102 Å². The Balaban J connectivity index is 6.49. The Bertz CT molecular complexity index is 2260. The molecule has 0 aromatic heterocycles. The van der Waals surface area contributed by atoms with E-state index in [0.29, 0.717) is 33.0 Å². The number of carbonyl (C=O) groups is 11. The maximum absolute atomic E-state index is 13.6. The minimum absolute atomic E-state index is 0.0149. The average Bonchev–Trinajstić information content (AvgIpc) is 0.857. The van der Waals surface area contributed by atoms with Crippen LogP contribution in [-0.2, 0) is 114 Å². The van der Waals surface area contributed by atoms with Crippen LogP contribution >= 0.6 is 95.6 Å². The van der Waals surface area contributed by atoms with Crippen LogP contribution < -0.4 is 32.3 Å². The summed E-state index contributed by atoms with van der Waals surface area (Å²) in [7, 11) is 0. The number of alkyl halides is 6. The first-order valence-corrected chi connectivity index (χ1v) is 36.4. The highest BCUT2D eigenvalue weighted by Crippen LogP contribution is 2.30. The molecule has 0 aliphatic rings. The van der Waals surface area contributed by atoms with Crippen molar-refractivity contribution in [2.24, 2.45) is 22.0 Å². The standard InChI is InChI=1S/C63H104Br6N6O24/c1-14-21-87-22-23-88-24-25-89-26-27-90-28-29-91-35-61(32-73-44(76)15-18-70,33-74-45(77)16-19-71-47(79)30-92-36-62(38-94-49(81)55(2,3)64,39-95-50(82)56(4,5)65)40-96-51(83)57(6,7)66)34-75-46(78)17-20-72-48(80)31-93-37-63(41-97-52(84)58(8,9)67,42-98-53(85)59(10,11)68)43-99-54(86)60(12,13)69/h14H,1,15-43,70H2,2-13H3,(H,71,79)(H,72,80)(H,73,76)(H,74,77)(H,75,78). The molecule has 0 heterocycles. The Morgan fingerprint density at radius 2 is 0.566 bits per heavy atom. The molecule has 0 aromatic rings. The molecule has 572 valence electrons. The van der Waals surface area contributed by atoms with Crippen molar-refractivity contribution in [3.63, 3.8) is 0 Å². The number of ether oxygens (including phenoxy) is 13. The predicted molar refractivity (Wildman–Crippen MR) is 385 cm³/mol. The molecule has 0 saturated heterocycles. The van der Waals surface area contributed by atoms with Crippen molar-refractivity contribution in [3.05, 3.63) is 12.7 Å². The van der Waals surface area contributed by atoms with Gasteiger partial charge in [0.2, 0.25) is 29.5 Å². The zero-order valence-corrected chi connectivity index (χ0v) is 68.4. The minimum Gasteiger partial charge on any atom is -0.464 e. The lowest BCUT2D eigenvalue weighted by Crippen LogP contribution is -2.54. The highest BCUT2D eigenvalue weighted by Gasteiger charge is 2.43. The second kappa shape index (κ2) is 47.8. The molecule has 0 unspecified atom stereocenters. The van der Waals surface area contributed by atoms with E-state index in [-0.39, 0.29) is 91.6 Å². The molecule has 0 rings (SSSR count). The van der Waals surface area contributed by atoms with E-state index < -0.39 is 174 Å². The van der Waals surface area contributed by atoms with Crippen LogP contribution in [0, 0.1) is 16.2 Å². The lowest BCUT2D eigenvalue weighted by atomic mass is 9.88. The van der Waals surface area contributed by atoms with Crippen molar-refractivity contribution in [2.75, 3.05) is 171 Å². The van der Waals surface area contributed by atoms with Gasteiger partial charge < -0.3 is 93.9 Å². The first-order valence-electron chi connectivity index (χ1n) is 31.6. The molecule has 0 saturated carbocycles. The smallest absolute Gasteiger partial charge is 0.322 e. The van der Waals surface area contributed by atoms with E-state index in [1.165, 1.54) is 0 Å². The molecule has 0 aromatic carbocycles. The van der Waals surface area contributed by atoms with E-state index in [9.17, 15) is 52.7 Å². The molecule has 0 aliphatic carbocycles. The number of amides is 5. The van der Waals surface area contributed by atoms with Crippen LogP contribution in [0.1, 0.15) is 102 Å². The summed E-state index contributed by atoms with van der Waals surface area (Å²) in [6, 6.07) is 0. The Labute approximate surface area is 631 Å². The van der Waals surface area contributed by atoms with E-state index in [4.69, 9.17) is 67.3 Å². The van der Waals surface area contributed by atoms with Gasteiger partial charge in [0, 0.05) is 63.9 Å². The van der Waals surface area contributed by atoms with Gasteiger partial charge in [0.25, 0.3) is 0 Å². The lowest BCUT2D eigenvalue weighted by molar-refractivity contribution is -0.172. The van der Waals surface area contributed by atoms with Gasteiger partial charge >= 0.3 is 35.8 Å². The van der Waals surface area contributed by atoms with Crippen LogP contribution in [0.3, 0.4) is 0 Å². The monoisotopic (exact) mass is 1800 g/mol. The van der Waals surface area contributed by atoms with Crippen LogP contribution in [0.25, 0.3) is 0 Å². The van der Waals surface area contributed by atoms with Gasteiger partial charge in [-0.15, -0.1) is 6.58 Å². The number of hydrogen-bond acceptors (Lipinski definition) is 25. The Kier molecular flexibility index (Phi) is 46.0. The third kappa shape index (κ3) is 45.3. The Hall–Kier alpha value is -3.53. The van der Waals surface area contributed by atoms with Crippen molar-refractivity contribution >= 4 is 161 Å². The molecule has 36 heteroatoms. The zero-order valence-electron chi connectivity index (χ0n) is 58.9. The highest BCUT2D eigenvalue weighted by atomic mass is 79.9. The van der Waals surface area contributed by atoms with E-state index >= 15 is 0 Å². The summed E-state index contributed by atoms with van der Waals surface area (Å²) in [5.41, 5.74) is 1.38. The van der Waals surface area contributed by atoms with Gasteiger partial charge in [0.1, 0.15) is 78.8 Å². The van der Waals surface area contributed by atoms with Crippen LogP contribution in [0.5, 0.6) is 0 Å². The first-order chi connectivity index (χ1) is 45.8. The highest BCUT2D eigenvalue weighted by molar-refractivity contribution is 9.11. The zero-order chi connectivity index (χ0) is 75.8. The number of halogens is 6. The number of rotatable bonds is 56. The average molecular weight is 1810 g/mol.